The second-order valence-corrected chi connectivity index (χ2v) is 4.00. The van der Waals surface area contributed by atoms with E-state index in [1.165, 1.54) is 0 Å². The van der Waals surface area contributed by atoms with Crippen molar-refractivity contribution in [2.45, 2.75) is 52.6 Å². The summed E-state index contributed by atoms with van der Waals surface area (Å²) in [5, 5.41) is 9.25. The molecule has 0 aromatic rings. The molecule has 0 aromatic heterocycles. The Labute approximate surface area is 82.3 Å². The summed E-state index contributed by atoms with van der Waals surface area (Å²) >= 11 is 0. The van der Waals surface area contributed by atoms with E-state index < -0.39 is 0 Å². The fraction of sp³-hybridized carbons (Fsp3) is 1.00. The monoisotopic (exact) mass is 188 g/mol. The molecule has 0 saturated heterocycles. The van der Waals surface area contributed by atoms with E-state index in [4.69, 9.17) is 4.74 Å². The molecule has 0 fully saturated rings. The zero-order chi connectivity index (χ0) is 10.1. The van der Waals surface area contributed by atoms with Crippen molar-refractivity contribution in [3.05, 3.63) is 0 Å². The van der Waals surface area contributed by atoms with Gasteiger partial charge in [-0.15, -0.1) is 0 Å². The van der Waals surface area contributed by atoms with Crippen LogP contribution in [0, 0.1) is 5.92 Å². The quantitative estimate of drug-likeness (QED) is 0.593. The third-order valence-electron chi connectivity index (χ3n) is 2.14. The number of aliphatic hydroxyl groups excluding tert-OH is 1. The summed E-state index contributed by atoms with van der Waals surface area (Å²) in [5.41, 5.74) is 0. The van der Waals surface area contributed by atoms with E-state index in [9.17, 15) is 5.11 Å². The van der Waals surface area contributed by atoms with Crippen molar-refractivity contribution in [3.8, 4) is 0 Å². The predicted molar refractivity (Wildman–Crippen MR) is 55.8 cm³/mol. The first-order valence-electron chi connectivity index (χ1n) is 5.42. The molecule has 0 aliphatic heterocycles. The Morgan fingerprint density at radius 2 is 1.85 bits per heavy atom. The van der Waals surface area contributed by atoms with Gasteiger partial charge in [-0.2, -0.15) is 0 Å². The molecule has 13 heavy (non-hydrogen) atoms. The van der Waals surface area contributed by atoms with E-state index in [0.717, 1.165) is 44.8 Å². The van der Waals surface area contributed by atoms with Crippen LogP contribution < -0.4 is 0 Å². The molecular weight excluding hydrogens is 164 g/mol. The second kappa shape index (κ2) is 8.52. The second-order valence-electron chi connectivity index (χ2n) is 4.00. The van der Waals surface area contributed by atoms with Gasteiger partial charge in [0, 0.05) is 13.2 Å². The normalized spacial score (nSPS) is 13.6. The fourth-order valence-electron chi connectivity index (χ4n) is 1.05. The minimum Gasteiger partial charge on any atom is -0.393 e. The molecule has 0 aliphatic carbocycles. The average molecular weight is 188 g/mol. The highest BCUT2D eigenvalue weighted by atomic mass is 16.5. The summed E-state index contributed by atoms with van der Waals surface area (Å²) < 4.78 is 5.43. The molecule has 0 aromatic carbocycles. The lowest BCUT2D eigenvalue weighted by molar-refractivity contribution is 0.0989. The Hall–Kier alpha value is -0.0800. The van der Waals surface area contributed by atoms with Crippen LogP contribution in [0.2, 0.25) is 0 Å². The summed E-state index contributed by atoms with van der Waals surface area (Å²) in [6, 6.07) is 0. The van der Waals surface area contributed by atoms with Gasteiger partial charge in [0.25, 0.3) is 0 Å². The van der Waals surface area contributed by atoms with Gasteiger partial charge >= 0.3 is 0 Å². The third-order valence-corrected chi connectivity index (χ3v) is 2.14. The highest BCUT2D eigenvalue weighted by molar-refractivity contribution is 4.51. The van der Waals surface area contributed by atoms with E-state index in [-0.39, 0.29) is 6.10 Å². The van der Waals surface area contributed by atoms with Crippen molar-refractivity contribution >= 4 is 0 Å². The minimum absolute atomic E-state index is 0.131. The van der Waals surface area contributed by atoms with Gasteiger partial charge in [-0.25, -0.2) is 0 Å². The molecule has 1 atom stereocenters. The smallest absolute Gasteiger partial charge is 0.0538 e. The summed E-state index contributed by atoms with van der Waals surface area (Å²) in [6.45, 7) is 8.06. The average Bonchev–Trinajstić information content (AvgIpc) is 2.10. The van der Waals surface area contributed by atoms with Gasteiger partial charge in [0.1, 0.15) is 0 Å². The van der Waals surface area contributed by atoms with Crippen LogP contribution in [0.3, 0.4) is 0 Å². The van der Waals surface area contributed by atoms with Crippen LogP contribution in [-0.2, 0) is 4.74 Å². The van der Waals surface area contributed by atoms with Gasteiger partial charge in [-0.05, 0) is 31.6 Å². The van der Waals surface area contributed by atoms with Gasteiger partial charge in [0.05, 0.1) is 6.10 Å². The van der Waals surface area contributed by atoms with Crippen LogP contribution in [0.5, 0.6) is 0 Å². The van der Waals surface area contributed by atoms with E-state index in [1.54, 1.807) is 0 Å². The number of aliphatic hydroxyl groups is 1. The van der Waals surface area contributed by atoms with Crippen molar-refractivity contribution < 1.29 is 9.84 Å². The molecule has 2 nitrogen and oxygen atoms in total. The molecule has 0 heterocycles. The number of rotatable bonds is 8. The maximum Gasteiger partial charge on any atom is 0.0538 e. The van der Waals surface area contributed by atoms with Crippen molar-refractivity contribution in [1.29, 1.82) is 0 Å². The van der Waals surface area contributed by atoms with Gasteiger partial charge in [-0.1, -0.05) is 20.8 Å². The lowest BCUT2D eigenvalue weighted by Crippen LogP contribution is -2.07. The maximum absolute atomic E-state index is 9.25. The summed E-state index contributed by atoms with van der Waals surface area (Å²) in [7, 11) is 0. The van der Waals surface area contributed by atoms with E-state index in [0.29, 0.717) is 0 Å². The summed E-state index contributed by atoms with van der Waals surface area (Å²) in [5.74, 6) is 0.723. The highest BCUT2D eigenvalue weighted by Crippen LogP contribution is 2.02. The van der Waals surface area contributed by atoms with Gasteiger partial charge < -0.3 is 9.84 Å². The standard InChI is InChI=1S/C11H24O2/c1-4-11(12)6-5-8-13-9-7-10(2)3/h10-12H,4-9H2,1-3H3. The lowest BCUT2D eigenvalue weighted by atomic mass is 10.1. The van der Waals surface area contributed by atoms with Crippen molar-refractivity contribution in [2.24, 2.45) is 5.92 Å². The van der Waals surface area contributed by atoms with Crippen LogP contribution in [-0.4, -0.2) is 24.4 Å². The molecule has 1 N–H and O–H groups in total. The zero-order valence-electron chi connectivity index (χ0n) is 9.25. The van der Waals surface area contributed by atoms with Crippen LogP contribution in [0.1, 0.15) is 46.5 Å². The first-order valence-corrected chi connectivity index (χ1v) is 5.42. The molecule has 80 valence electrons. The minimum atomic E-state index is -0.131. The lowest BCUT2D eigenvalue weighted by Gasteiger charge is -2.08. The van der Waals surface area contributed by atoms with Gasteiger partial charge in [0.2, 0.25) is 0 Å². The molecular formula is C11H24O2. The molecule has 2 heteroatoms. The first-order chi connectivity index (χ1) is 6.16. The Kier molecular flexibility index (Phi) is 8.46. The molecule has 0 aliphatic rings. The largest absolute Gasteiger partial charge is 0.393 e. The third kappa shape index (κ3) is 9.84. The zero-order valence-corrected chi connectivity index (χ0v) is 9.25. The Balaban J connectivity index is 2.99. The summed E-state index contributed by atoms with van der Waals surface area (Å²) in [6.07, 6.45) is 3.71. The number of hydrogen-bond donors (Lipinski definition) is 1. The molecule has 0 bridgehead atoms. The fourth-order valence-corrected chi connectivity index (χ4v) is 1.05. The maximum atomic E-state index is 9.25. The van der Waals surface area contributed by atoms with E-state index in [2.05, 4.69) is 13.8 Å². The topological polar surface area (TPSA) is 29.5 Å². The highest BCUT2D eigenvalue weighted by Gasteiger charge is 1.99. The number of hydrogen-bond acceptors (Lipinski definition) is 2. The molecule has 0 spiro atoms. The number of ether oxygens (including phenoxy) is 1. The Bertz CT molecular complexity index is 102. The molecule has 0 rings (SSSR count). The Morgan fingerprint density at radius 1 is 1.15 bits per heavy atom. The molecule has 0 saturated carbocycles. The van der Waals surface area contributed by atoms with Crippen LogP contribution in [0.15, 0.2) is 0 Å². The van der Waals surface area contributed by atoms with Crippen molar-refractivity contribution in [2.75, 3.05) is 13.2 Å². The van der Waals surface area contributed by atoms with Crippen molar-refractivity contribution in [3.63, 3.8) is 0 Å². The van der Waals surface area contributed by atoms with Gasteiger partial charge in [-0.3, -0.25) is 0 Å². The molecule has 1 unspecified atom stereocenters. The SMILES string of the molecule is CCC(O)CCCOCCC(C)C. The molecule has 0 radical (unpaired) electrons. The summed E-state index contributed by atoms with van der Waals surface area (Å²) in [4.78, 5) is 0. The Morgan fingerprint density at radius 3 is 2.38 bits per heavy atom. The van der Waals surface area contributed by atoms with Crippen LogP contribution >= 0.6 is 0 Å². The van der Waals surface area contributed by atoms with Crippen LogP contribution in [0.4, 0.5) is 0 Å². The predicted octanol–water partition coefficient (Wildman–Crippen LogP) is 2.60. The van der Waals surface area contributed by atoms with Gasteiger partial charge in [0.15, 0.2) is 0 Å². The first kappa shape index (κ1) is 12.9. The van der Waals surface area contributed by atoms with E-state index in [1.807, 2.05) is 6.92 Å². The van der Waals surface area contributed by atoms with Crippen LogP contribution in [0.25, 0.3) is 0 Å². The van der Waals surface area contributed by atoms with Crippen molar-refractivity contribution in [1.82, 2.24) is 0 Å². The van der Waals surface area contributed by atoms with E-state index >= 15 is 0 Å². The molecule has 0 amide bonds.